The number of carbonyl (C=O) groups excluding carboxylic acids is 1. The van der Waals surface area contributed by atoms with Gasteiger partial charge in [0.1, 0.15) is 5.82 Å². The third-order valence-corrected chi connectivity index (χ3v) is 7.10. The molecular weight excluding hydrogens is 490 g/mol. The maximum absolute atomic E-state index is 13.4. The van der Waals surface area contributed by atoms with Crippen molar-refractivity contribution in [1.29, 1.82) is 0 Å². The summed E-state index contributed by atoms with van der Waals surface area (Å²) in [6, 6.07) is 15.9. The second-order valence-corrected chi connectivity index (χ2v) is 11.3. The van der Waals surface area contributed by atoms with Gasteiger partial charge < -0.3 is 15.2 Å². The minimum atomic E-state index is -1.21. The van der Waals surface area contributed by atoms with Crippen molar-refractivity contribution in [1.82, 2.24) is 10.3 Å². The first kappa shape index (κ1) is 28.3. The molecule has 2 amide bonds. The maximum atomic E-state index is 13.4. The summed E-state index contributed by atoms with van der Waals surface area (Å²) < 4.78 is 6.19. The molecule has 0 saturated carbocycles. The summed E-state index contributed by atoms with van der Waals surface area (Å²) in [7, 11) is 0. The van der Waals surface area contributed by atoms with E-state index in [4.69, 9.17) is 9.72 Å². The quantitative estimate of drug-likeness (QED) is 0.374. The molecule has 1 aliphatic rings. The smallest absolute Gasteiger partial charge is 0.337 e. The van der Waals surface area contributed by atoms with Crippen LogP contribution < -0.4 is 10.2 Å². The summed E-state index contributed by atoms with van der Waals surface area (Å²) in [6.07, 6.45) is 0.821. The van der Waals surface area contributed by atoms with Gasteiger partial charge in [0.25, 0.3) is 0 Å². The fourth-order valence-electron chi connectivity index (χ4n) is 5.13. The van der Waals surface area contributed by atoms with Crippen LogP contribution in [0.5, 0.6) is 0 Å². The second kappa shape index (κ2) is 11.6. The molecular formula is C32H39N3O4. The van der Waals surface area contributed by atoms with Gasteiger partial charge in [-0.2, -0.15) is 0 Å². The van der Waals surface area contributed by atoms with Crippen LogP contribution in [0.2, 0.25) is 0 Å². The minimum Gasteiger partial charge on any atom is -0.479 e. The standard InChI is InChI=1S/C32H39N3O4/c1-20-14-15-24(19-21(20)2)26-22(3)34-29-25(27(26)28(30(36)37)39-32(4,5)6)13-10-18-35(29)31(38)33-17-16-23-11-8-7-9-12-23/h7-9,11-12,14-15,19,28H,10,13,16-18H2,1-6H3,(H,33,38)(H,36,37). The first-order valence-electron chi connectivity index (χ1n) is 13.6. The van der Waals surface area contributed by atoms with E-state index in [0.29, 0.717) is 43.0 Å². The van der Waals surface area contributed by atoms with Crippen molar-refractivity contribution in [2.75, 3.05) is 18.0 Å². The Morgan fingerprint density at radius 1 is 1.08 bits per heavy atom. The number of aromatic nitrogens is 1. The van der Waals surface area contributed by atoms with Gasteiger partial charge in [-0.1, -0.05) is 48.5 Å². The van der Waals surface area contributed by atoms with Crippen molar-refractivity contribution >= 4 is 17.8 Å². The number of aryl methyl sites for hydroxylation is 3. The summed E-state index contributed by atoms with van der Waals surface area (Å²) >= 11 is 0. The highest BCUT2D eigenvalue weighted by atomic mass is 16.5. The molecule has 2 heterocycles. The normalized spacial score (nSPS) is 14.1. The molecule has 2 aromatic carbocycles. The Hall–Kier alpha value is -3.71. The highest BCUT2D eigenvalue weighted by Gasteiger charge is 2.36. The number of carboxylic acids is 1. The van der Waals surface area contributed by atoms with E-state index in [-0.39, 0.29) is 6.03 Å². The van der Waals surface area contributed by atoms with Gasteiger partial charge in [-0.15, -0.1) is 0 Å². The highest BCUT2D eigenvalue weighted by molar-refractivity contribution is 5.94. The largest absolute Gasteiger partial charge is 0.479 e. The van der Waals surface area contributed by atoms with E-state index in [1.807, 2.05) is 77.1 Å². The van der Waals surface area contributed by atoms with E-state index >= 15 is 0 Å². The molecule has 0 aliphatic carbocycles. The number of rotatable bonds is 7. The lowest BCUT2D eigenvalue weighted by molar-refractivity contribution is -0.160. The Bertz CT molecular complexity index is 1360. The average molecular weight is 530 g/mol. The van der Waals surface area contributed by atoms with Crippen molar-refractivity contribution in [3.63, 3.8) is 0 Å². The SMILES string of the molecule is Cc1ccc(-c2c(C)nc3c(c2C(OC(C)(C)C)C(=O)O)CCCN3C(=O)NCCc2ccccc2)cc1C. The lowest BCUT2D eigenvalue weighted by atomic mass is 9.86. The fourth-order valence-corrected chi connectivity index (χ4v) is 5.13. The number of aliphatic carboxylic acids is 1. The van der Waals surface area contributed by atoms with Gasteiger partial charge in [0, 0.05) is 35.5 Å². The summed E-state index contributed by atoms with van der Waals surface area (Å²) in [4.78, 5) is 32.7. The Morgan fingerprint density at radius 2 is 1.79 bits per heavy atom. The number of ether oxygens (including phenoxy) is 1. The fraction of sp³-hybridized carbons (Fsp3) is 0.406. The summed E-state index contributed by atoms with van der Waals surface area (Å²) in [5.74, 6) is -0.547. The second-order valence-electron chi connectivity index (χ2n) is 11.3. The van der Waals surface area contributed by atoms with Crippen molar-refractivity contribution in [2.45, 2.75) is 72.5 Å². The number of amides is 2. The number of fused-ring (bicyclic) bond motifs is 1. The van der Waals surface area contributed by atoms with Crippen molar-refractivity contribution in [2.24, 2.45) is 0 Å². The van der Waals surface area contributed by atoms with Gasteiger partial charge in [0.2, 0.25) is 0 Å². The van der Waals surface area contributed by atoms with Crippen LogP contribution in [-0.2, 0) is 22.4 Å². The third kappa shape index (κ3) is 6.48. The molecule has 0 spiro atoms. The van der Waals surface area contributed by atoms with E-state index in [0.717, 1.165) is 39.8 Å². The number of benzene rings is 2. The predicted octanol–water partition coefficient (Wildman–Crippen LogP) is 6.32. The first-order valence-corrected chi connectivity index (χ1v) is 13.6. The summed E-state index contributed by atoms with van der Waals surface area (Å²) in [5, 5.41) is 13.4. The van der Waals surface area contributed by atoms with Crippen LogP contribution in [0.25, 0.3) is 11.1 Å². The number of nitrogens with zero attached hydrogens (tertiary/aromatic N) is 2. The van der Waals surface area contributed by atoms with E-state index < -0.39 is 17.7 Å². The molecule has 2 N–H and O–H groups in total. The van der Waals surface area contributed by atoms with E-state index in [1.165, 1.54) is 0 Å². The van der Waals surface area contributed by atoms with Crippen LogP contribution in [0.1, 0.15) is 66.8 Å². The molecule has 39 heavy (non-hydrogen) atoms. The minimum absolute atomic E-state index is 0.229. The van der Waals surface area contributed by atoms with Crippen LogP contribution in [-0.4, -0.2) is 40.8 Å². The maximum Gasteiger partial charge on any atom is 0.337 e. The Morgan fingerprint density at radius 3 is 2.44 bits per heavy atom. The molecule has 3 aromatic rings. The molecule has 1 aliphatic heterocycles. The van der Waals surface area contributed by atoms with E-state index in [9.17, 15) is 14.7 Å². The Kier molecular flexibility index (Phi) is 8.40. The number of pyridine rings is 1. The predicted molar refractivity (Wildman–Crippen MR) is 154 cm³/mol. The van der Waals surface area contributed by atoms with E-state index in [1.54, 1.807) is 4.90 Å². The zero-order valence-electron chi connectivity index (χ0n) is 23.8. The molecule has 1 aromatic heterocycles. The number of urea groups is 1. The monoisotopic (exact) mass is 529 g/mol. The first-order chi connectivity index (χ1) is 18.5. The zero-order valence-corrected chi connectivity index (χ0v) is 23.8. The van der Waals surface area contributed by atoms with Crippen LogP contribution >= 0.6 is 0 Å². The molecule has 1 atom stereocenters. The lowest BCUT2D eigenvalue weighted by Gasteiger charge is -2.34. The summed E-state index contributed by atoms with van der Waals surface area (Å²) in [5.41, 5.74) is 6.39. The van der Waals surface area contributed by atoms with E-state index in [2.05, 4.69) is 18.3 Å². The van der Waals surface area contributed by atoms with Gasteiger partial charge in [-0.25, -0.2) is 14.6 Å². The number of carbonyl (C=O) groups is 2. The van der Waals surface area contributed by atoms with Gasteiger partial charge in [0.05, 0.1) is 5.60 Å². The average Bonchev–Trinajstić information content (AvgIpc) is 2.88. The third-order valence-electron chi connectivity index (χ3n) is 7.10. The number of carboxylic acid groups (broad SMARTS) is 1. The zero-order chi connectivity index (χ0) is 28.3. The number of hydrogen-bond donors (Lipinski definition) is 2. The van der Waals surface area contributed by atoms with Gasteiger partial charge in [0.15, 0.2) is 6.10 Å². The molecule has 0 fully saturated rings. The Labute approximate surface area is 231 Å². The molecule has 206 valence electrons. The van der Waals surface area contributed by atoms with Gasteiger partial charge in [-0.3, -0.25) is 4.90 Å². The van der Waals surface area contributed by atoms with Crippen LogP contribution in [0.4, 0.5) is 10.6 Å². The van der Waals surface area contributed by atoms with Crippen molar-refractivity contribution in [3.8, 4) is 11.1 Å². The van der Waals surface area contributed by atoms with Crippen LogP contribution in [0.3, 0.4) is 0 Å². The molecule has 0 radical (unpaired) electrons. The number of anilines is 1. The Balaban J connectivity index is 1.79. The van der Waals surface area contributed by atoms with Gasteiger partial charge >= 0.3 is 12.0 Å². The number of hydrogen-bond acceptors (Lipinski definition) is 4. The summed E-state index contributed by atoms with van der Waals surface area (Å²) in [6.45, 7) is 12.5. The van der Waals surface area contributed by atoms with Crippen LogP contribution in [0.15, 0.2) is 48.5 Å². The molecule has 1 unspecified atom stereocenters. The van der Waals surface area contributed by atoms with Gasteiger partial charge in [-0.05, 0) is 83.1 Å². The van der Waals surface area contributed by atoms with Crippen LogP contribution in [0, 0.1) is 20.8 Å². The molecule has 0 saturated heterocycles. The number of nitrogens with one attached hydrogen (secondary N) is 1. The van der Waals surface area contributed by atoms with Crippen molar-refractivity contribution in [3.05, 3.63) is 82.0 Å². The molecule has 4 rings (SSSR count). The van der Waals surface area contributed by atoms with Crippen molar-refractivity contribution < 1.29 is 19.4 Å². The topological polar surface area (TPSA) is 91.8 Å². The highest BCUT2D eigenvalue weighted by Crippen LogP contribution is 2.42. The molecule has 7 heteroatoms. The molecule has 7 nitrogen and oxygen atoms in total. The molecule has 0 bridgehead atoms. The lowest BCUT2D eigenvalue weighted by Crippen LogP contribution is -2.44.